The SMILES string of the molecule is CCc1cc2c(cc1CC)CC(NC[C@H](C)c1ccc(O)c3[nH]c(=O)ccc13)CC2. The lowest BCUT2D eigenvalue weighted by molar-refractivity contribution is 0.444. The van der Waals surface area contributed by atoms with Gasteiger partial charge in [-0.15, -0.1) is 0 Å². The van der Waals surface area contributed by atoms with Gasteiger partial charge >= 0.3 is 0 Å². The molecule has 30 heavy (non-hydrogen) atoms. The van der Waals surface area contributed by atoms with Gasteiger partial charge in [0.2, 0.25) is 5.56 Å². The van der Waals surface area contributed by atoms with E-state index < -0.39 is 0 Å². The summed E-state index contributed by atoms with van der Waals surface area (Å²) in [6.45, 7) is 7.56. The van der Waals surface area contributed by atoms with Crippen LogP contribution in [0.2, 0.25) is 0 Å². The summed E-state index contributed by atoms with van der Waals surface area (Å²) in [7, 11) is 0. The van der Waals surface area contributed by atoms with Gasteiger partial charge in [0, 0.05) is 24.0 Å². The predicted octanol–water partition coefficient (Wildman–Crippen LogP) is 4.61. The number of hydrogen-bond donors (Lipinski definition) is 3. The largest absolute Gasteiger partial charge is 0.506 e. The molecule has 0 bridgehead atoms. The molecule has 1 aromatic heterocycles. The van der Waals surface area contributed by atoms with E-state index in [2.05, 4.69) is 43.2 Å². The van der Waals surface area contributed by atoms with Crippen LogP contribution in [0, 0.1) is 0 Å². The van der Waals surface area contributed by atoms with Crippen molar-refractivity contribution in [3.05, 3.63) is 74.6 Å². The van der Waals surface area contributed by atoms with E-state index >= 15 is 0 Å². The first-order valence-electron chi connectivity index (χ1n) is 11.2. The molecule has 0 saturated carbocycles. The van der Waals surface area contributed by atoms with Crippen LogP contribution in [0.25, 0.3) is 10.9 Å². The molecular formula is C26H32N2O2. The molecule has 158 valence electrons. The number of fused-ring (bicyclic) bond motifs is 2. The van der Waals surface area contributed by atoms with E-state index in [4.69, 9.17) is 0 Å². The Balaban J connectivity index is 1.48. The highest BCUT2D eigenvalue weighted by atomic mass is 16.3. The minimum Gasteiger partial charge on any atom is -0.506 e. The zero-order valence-electron chi connectivity index (χ0n) is 18.2. The highest BCUT2D eigenvalue weighted by molar-refractivity contribution is 5.87. The number of aromatic hydroxyl groups is 1. The Kier molecular flexibility index (Phi) is 5.96. The number of rotatable bonds is 6. The zero-order valence-corrected chi connectivity index (χ0v) is 18.2. The van der Waals surface area contributed by atoms with Crippen LogP contribution < -0.4 is 10.9 Å². The molecule has 0 fully saturated rings. The van der Waals surface area contributed by atoms with Gasteiger partial charge in [0.05, 0.1) is 5.52 Å². The monoisotopic (exact) mass is 404 g/mol. The van der Waals surface area contributed by atoms with E-state index in [1.165, 1.54) is 28.3 Å². The minimum absolute atomic E-state index is 0.119. The van der Waals surface area contributed by atoms with Crippen LogP contribution >= 0.6 is 0 Å². The van der Waals surface area contributed by atoms with Crippen molar-refractivity contribution in [2.75, 3.05) is 6.54 Å². The molecule has 0 amide bonds. The lowest BCUT2D eigenvalue weighted by atomic mass is 9.84. The third-order valence-corrected chi connectivity index (χ3v) is 6.66. The standard InChI is InChI=1S/C26H32N2O2/c1-4-17-12-19-6-7-21(14-20(19)13-18(17)5-2)27-15-16(3)22-8-10-24(29)26-23(22)9-11-25(30)28-26/h8-13,16,21,27,29H,4-7,14-15H2,1-3H3,(H,28,30)/t16-,21?/m0/s1. The molecule has 2 aromatic carbocycles. The summed E-state index contributed by atoms with van der Waals surface area (Å²) in [5.74, 6) is 0.391. The van der Waals surface area contributed by atoms with Crippen LogP contribution in [0.15, 0.2) is 41.2 Å². The van der Waals surface area contributed by atoms with Gasteiger partial charge in [-0.2, -0.15) is 0 Å². The topological polar surface area (TPSA) is 65.1 Å². The summed E-state index contributed by atoms with van der Waals surface area (Å²) < 4.78 is 0. The molecule has 3 aromatic rings. The van der Waals surface area contributed by atoms with Crippen LogP contribution in [0.1, 0.15) is 60.9 Å². The first-order chi connectivity index (χ1) is 14.5. The van der Waals surface area contributed by atoms with E-state index in [1.807, 2.05) is 12.1 Å². The second kappa shape index (κ2) is 8.65. The number of pyridine rings is 1. The van der Waals surface area contributed by atoms with Crippen LogP contribution in [-0.4, -0.2) is 22.7 Å². The molecule has 4 nitrogen and oxygen atoms in total. The van der Waals surface area contributed by atoms with E-state index in [1.54, 1.807) is 6.07 Å². The maximum atomic E-state index is 11.7. The normalized spacial score (nSPS) is 17.1. The van der Waals surface area contributed by atoms with E-state index in [0.29, 0.717) is 11.6 Å². The summed E-state index contributed by atoms with van der Waals surface area (Å²) in [5.41, 5.74) is 7.51. The molecule has 2 atom stereocenters. The van der Waals surface area contributed by atoms with Crippen molar-refractivity contribution in [1.82, 2.24) is 10.3 Å². The number of benzene rings is 2. The lowest BCUT2D eigenvalue weighted by Gasteiger charge is -2.28. The Morgan fingerprint density at radius 3 is 2.57 bits per heavy atom. The average molecular weight is 405 g/mol. The summed E-state index contributed by atoms with van der Waals surface area (Å²) in [5, 5.41) is 14.8. The van der Waals surface area contributed by atoms with Crippen LogP contribution in [0.4, 0.5) is 0 Å². The Labute approximate surface area is 178 Å². The fraction of sp³-hybridized carbons (Fsp3) is 0.423. The first-order valence-corrected chi connectivity index (χ1v) is 11.2. The molecule has 1 heterocycles. The molecule has 0 saturated heterocycles. The summed E-state index contributed by atoms with van der Waals surface area (Å²) in [6.07, 6.45) is 5.60. The lowest BCUT2D eigenvalue weighted by Crippen LogP contribution is -2.36. The minimum atomic E-state index is -0.195. The molecule has 0 radical (unpaired) electrons. The van der Waals surface area contributed by atoms with Crippen molar-refractivity contribution in [1.29, 1.82) is 0 Å². The Hall–Kier alpha value is -2.59. The number of nitrogens with one attached hydrogen (secondary N) is 2. The second-order valence-corrected chi connectivity index (χ2v) is 8.63. The number of phenols is 1. The average Bonchev–Trinajstić information content (AvgIpc) is 2.76. The van der Waals surface area contributed by atoms with Gasteiger partial charge in [0.1, 0.15) is 5.75 Å². The van der Waals surface area contributed by atoms with Gasteiger partial charge in [-0.25, -0.2) is 0 Å². The van der Waals surface area contributed by atoms with Crippen LogP contribution in [0.5, 0.6) is 5.75 Å². The van der Waals surface area contributed by atoms with Gasteiger partial charge in [-0.3, -0.25) is 4.79 Å². The molecule has 1 unspecified atom stereocenters. The highest BCUT2D eigenvalue weighted by Crippen LogP contribution is 2.30. The maximum Gasteiger partial charge on any atom is 0.248 e. The van der Waals surface area contributed by atoms with Crippen molar-refractivity contribution >= 4 is 10.9 Å². The number of aromatic amines is 1. The van der Waals surface area contributed by atoms with Gasteiger partial charge in [-0.1, -0.05) is 39.0 Å². The van der Waals surface area contributed by atoms with Gasteiger partial charge < -0.3 is 15.4 Å². The summed E-state index contributed by atoms with van der Waals surface area (Å²) in [6, 6.07) is 12.4. The number of aryl methyl sites for hydroxylation is 3. The van der Waals surface area contributed by atoms with Crippen LogP contribution in [0.3, 0.4) is 0 Å². The van der Waals surface area contributed by atoms with Crippen LogP contribution in [-0.2, 0) is 25.7 Å². The number of aromatic nitrogens is 1. The fourth-order valence-electron chi connectivity index (χ4n) is 4.89. The number of phenolic OH excluding ortho intramolecular Hbond substituents is 1. The Morgan fingerprint density at radius 1 is 1.10 bits per heavy atom. The molecule has 1 aliphatic rings. The second-order valence-electron chi connectivity index (χ2n) is 8.63. The molecule has 1 aliphatic carbocycles. The van der Waals surface area contributed by atoms with Gasteiger partial charge in [-0.05, 0) is 78.0 Å². The molecule has 4 rings (SSSR count). The zero-order chi connectivity index (χ0) is 21.3. The number of hydrogen-bond acceptors (Lipinski definition) is 3. The van der Waals surface area contributed by atoms with Gasteiger partial charge in [0.25, 0.3) is 0 Å². The molecule has 3 N–H and O–H groups in total. The van der Waals surface area contributed by atoms with E-state index in [9.17, 15) is 9.90 Å². The van der Waals surface area contributed by atoms with Crippen molar-refractivity contribution < 1.29 is 5.11 Å². The smallest absolute Gasteiger partial charge is 0.248 e. The highest BCUT2D eigenvalue weighted by Gasteiger charge is 2.21. The summed E-state index contributed by atoms with van der Waals surface area (Å²) in [4.78, 5) is 14.4. The van der Waals surface area contributed by atoms with E-state index in [0.717, 1.165) is 49.6 Å². The summed E-state index contributed by atoms with van der Waals surface area (Å²) >= 11 is 0. The molecule has 4 heteroatoms. The molecule has 0 spiro atoms. The fourth-order valence-corrected chi connectivity index (χ4v) is 4.89. The quantitative estimate of drug-likeness (QED) is 0.562. The van der Waals surface area contributed by atoms with Crippen molar-refractivity contribution in [2.24, 2.45) is 0 Å². The molecular weight excluding hydrogens is 372 g/mol. The molecule has 0 aliphatic heterocycles. The maximum absolute atomic E-state index is 11.7. The Morgan fingerprint density at radius 2 is 1.83 bits per heavy atom. The van der Waals surface area contributed by atoms with Crippen molar-refractivity contribution in [3.63, 3.8) is 0 Å². The third kappa shape index (κ3) is 4.01. The van der Waals surface area contributed by atoms with Crippen molar-refractivity contribution in [3.8, 4) is 5.75 Å². The third-order valence-electron chi connectivity index (χ3n) is 6.66. The van der Waals surface area contributed by atoms with E-state index in [-0.39, 0.29) is 17.2 Å². The first kappa shape index (κ1) is 20.7. The van der Waals surface area contributed by atoms with Gasteiger partial charge in [0.15, 0.2) is 0 Å². The predicted molar refractivity (Wildman–Crippen MR) is 124 cm³/mol. The van der Waals surface area contributed by atoms with Crippen molar-refractivity contribution in [2.45, 2.75) is 64.8 Å². The Bertz CT molecular complexity index is 1120. The number of H-pyrrole nitrogens is 1.